The van der Waals surface area contributed by atoms with Crippen LogP contribution < -0.4 is 5.32 Å². The molecule has 2 aliphatic rings. The van der Waals surface area contributed by atoms with Crippen LogP contribution in [0.3, 0.4) is 0 Å². The van der Waals surface area contributed by atoms with E-state index in [-0.39, 0.29) is 11.8 Å². The second-order valence-corrected chi connectivity index (χ2v) is 9.04. The first-order valence-electron chi connectivity index (χ1n) is 10.3. The summed E-state index contributed by atoms with van der Waals surface area (Å²) in [5, 5.41) is 6.42. The van der Waals surface area contributed by atoms with Gasteiger partial charge in [-0.1, -0.05) is 31.0 Å². The van der Waals surface area contributed by atoms with Crippen molar-refractivity contribution in [2.45, 2.75) is 52.4 Å². The molecule has 1 aromatic carbocycles. The number of nitrogens with one attached hydrogen (secondary N) is 1. The number of dihydropyridines is 1. The fraction of sp³-hybridized carbons (Fsp3) is 0.417. The van der Waals surface area contributed by atoms with Crippen LogP contribution in [0, 0.1) is 5.92 Å². The predicted octanol–water partition coefficient (Wildman–Crippen LogP) is 5.46. The first-order chi connectivity index (χ1) is 14.0. The summed E-state index contributed by atoms with van der Waals surface area (Å²) in [4.78, 5) is 25.9. The molecule has 1 atom stereocenters. The van der Waals surface area contributed by atoms with E-state index in [4.69, 9.17) is 4.74 Å². The van der Waals surface area contributed by atoms with Gasteiger partial charge in [-0.25, -0.2) is 4.79 Å². The van der Waals surface area contributed by atoms with Gasteiger partial charge in [0.05, 0.1) is 12.2 Å². The first-order valence-corrected chi connectivity index (χ1v) is 11.2. The highest BCUT2D eigenvalue weighted by atomic mass is 32.1. The molecule has 5 heteroatoms. The van der Waals surface area contributed by atoms with Gasteiger partial charge in [-0.2, -0.15) is 0 Å². The Hall–Kier alpha value is -2.40. The molecule has 1 aliphatic carbocycles. The quantitative estimate of drug-likeness (QED) is 0.667. The monoisotopic (exact) mass is 409 g/mol. The number of hydrogen-bond donors (Lipinski definition) is 1. The van der Waals surface area contributed by atoms with Gasteiger partial charge in [-0.15, -0.1) is 11.3 Å². The lowest BCUT2D eigenvalue weighted by Gasteiger charge is -2.30. The third-order valence-electron chi connectivity index (χ3n) is 6.11. The molecule has 0 bridgehead atoms. The van der Waals surface area contributed by atoms with E-state index in [2.05, 4.69) is 22.8 Å². The molecule has 29 heavy (non-hydrogen) atoms. The van der Waals surface area contributed by atoms with E-state index >= 15 is 0 Å². The summed E-state index contributed by atoms with van der Waals surface area (Å²) in [5.41, 5.74) is 3.78. The second kappa shape index (κ2) is 8.15. The standard InChI is InChI=1S/C24H27NO3S/c1-14-21(16(3)26)23(19-13-29-20-11-7-6-10-18(19)20)22(15(2)25-14)24(27)28-12-17-8-4-5-9-17/h6-7,10-11,13,17,23,25H,4-5,8-9,12H2,1-3H3. The van der Waals surface area contributed by atoms with Gasteiger partial charge in [-0.3, -0.25) is 4.79 Å². The number of esters is 1. The molecule has 1 aliphatic heterocycles. The predicted molar refractivity (Wildman–Crippen MR) is 117 cm³/mol. The van der Waals surface area contributed by atoms with Gasteiger partial charge in [0.2, 0.25) is 0 Å². The molecule has 1 unspecified atom stereocenters. The van der Waals surface area contributed by atoms with E-state index in [1.54, 1.807) is 18.3 Å². The maximum Gasteiger partial charge on any atom is 0.336 e. The van der Waals surface area contributed by atoms with Gasteiger partial charge in [0, 0.05) is 27.6 Å². The highest BCUT2D eigenvalue weighted by Crippen LogP contribution is 2.43. The van der Waals surface area contributed by atoms with Gasteiger partial charge in [0.15, 0.2) is 5.78 Å². The Kier molecular flexibility index (Phi) is 5.59. The van der Waals surface area contributed by atoms with Crippen molar-refractivity contribution in [2.24, 2.45) is 5.92 Å². The van der Waals surface area contributed by atoms with Gasteiger partial charge >= 0.3 is 5.97 Å². The number of ketones is 1. The average Bonchev–Trinajstić information content (AvgIpc) is 3.35. The van der Waals surface area contributed by atoms with Crippen molar-refractivity contribution in [1.29, 1.82) is 0 Å². The number of benzene rings is 1. The normalized spacial score (nSPS) is 20.3. The number of hydrogen-bond acceptors (Lipinski definition) is 5. The maximum atomic E-state index is 13.2. The number of rotatable bonds is 5. The Labute approximate surface area is 175 Å². The summed E-state index contributed by atoms with van der Waals surface area (Å²) in [6, 6.07) is 8.14. The molecule has 1 saturated carbocycles. The Morgan fingerprint density at radius 1 is 1.10 bits per heavy atom. The number of thiophene rings is 1. The molecule has 0 amide bonds. The van der Waals surface area contributed by atoms with E-state index in [1.165, 1.54) is 12.8 Å². The number of fused-ring (bicyclic) bond motifs is 1. The molecule has 1 aromatic heterocycles. The summed E-state index contributed by atoms with van der Waals surface area (Å²) in [7, 11) is 0. The van der Waals surface area contributed by atoms with Crippen LogP contribution in [0.2, 0.25) is 0 Å². The van der Waals surface area contributed by atoms with Gasteiger partial charge in [-0.05, 0) is 61.9 Å². The summed E-state index contributed by atoms with van der Waals surface area (Å²) < 4.78 is 6.92. The van der Waals surface area contributed by atoms with E-state index in [9.17, 15) is 9.59 Å². The van der Waals surface area contributed by atoms with Gasteiger partial charge < -0.3 is 10.1 Å². The molecule has 4 nitrogen and oxygen atoms in total. The van der Waals surface area contributed by atoms with Crippen LogP contribution in [0.25, 0.3) is 10.1 Å². The SMILES string of the molecule is CC(=O)C1=C(C)NC(C)=C(C(=O)OCC2CCCC2)C1c1csc2ccccc12. The van der Waals surface area contributed by atoms with E-state index in [0.717, 1.165) is 39.9 Å². The molecule has 1 N–H and O–H groups in total. The Balaban J connectivity index is 1.75. The van der Waals surface area contributed by atoms with Crippen LogP contribution in [0.15, 0.2) is 52.2 Å². The molecule has 0 spiro atoms. The molecular formula is C24H27NO3S. The zero-order chi connectivity index (χ0) is 20.5. The lowest BCUT2D eigenvalue weighted by Crippen LogP contribution is -2.31. The lowest BCUT2D eigenvalue weighted by molar-refractivity contribution is -0.140. The average molecular weight is 410 g/mol. The summed E-state index contributed by atoms with van der Waals surface area (Å²) >= 11 is 1.64. The van der Waals surface area contributed by atoms with E-state index < -0.39 is 5.92 Å². The Bertz CT molecular complexity index is 1020. The number of Topliss-reactive ketones (excluding diaryl/α,β-unsaturated/α-hetero) is 1. The van der Waals surface area contributed by atoms with Gasteiger partial charge in [0.25, 0.3) is 0 Å². The topological polar surface area (TPSA) is 55.4 Å². The molecule has 0 saturated heterocycles. The van der Waals surface area contributed by atoms with Crippen LogP contribution in [0.1, 0.15) is 57.9 Å². The van der Waals surface area contributed by atoms with Crippen LogP contribution in [-0.4, -0.2) is 18.4 Å². The van der Waals surface area contributed by atoms with Crippen molar-refractivity contribution in [3.63, 3.8) is 0 Å². The Morgan fingerprint density at radius 2 is 1.79 bits per heavy atom. The third-order valence-corrected chi connectivity index (χ3v) is 7.09. The van der Waals surface area contributed by atoms with Crippen molar-refractivity contribution in [3.8, 4) is 0 Å². The second-order valence-electron chi connectivity index (χ2n) is 8.13. The highest BCUT2D eigenvalue weighted by Gasteiger charge is 2.37. The minimum atomic E-state index is -0.402. The minimum Gasteiger partial charge on any atom is -0.462 e. The molecule has 1 fully saturated rings. The largest absolute Gasteiger partial charge is 0.462 e. The summed E-state index contributed by atoms with van der Waals surface area (Å²) in [6.07, 6.45) is 4.68. The lowest BCUT2D eigenvalue weighted by atomic mass is 9.79. The minimum absolute atomic E-state index is 0.0242. The van der Waals surface area contributed by atoms with Crippen molar-refractivity contribution in [2.75, 3.05) is 6.61 Å². The number of carbonyl (C=O) groups excluding carboxylic acids is 2. The van der Waals surface area contributed by atoms with Crippen LogP contribution in [-0.2, 0) is 14.3 Å². The summed E-state index contributed by atoms with van der Waals surface area (Å²) in [5.74, 6) is -0.278. The van der Waals surface area contributed by atoms with Crippen molar-refractivity contribution >= 4 is 33.2 Å². The zero-order valence-corrected chi connectivity index (χ0v) is 18.0. The van der Waals surface area contributed by atoms with Crippen LogP contribution in [0.4, 0.5) is 0 Å². The summed E-state index contributed by atoms with van der Waals surface area (Å²) in [6.45, 7) is 5.84. The highest BCUT2D eigenvalue weighted by molar-refractivity contribution is 7.17. The van der Waals surface area contributed by atoms with Crippen LogP contribution >= 0.6 is 11.3 Å². The Morgan fingerprint density at radius 3 is 2.52 bits per heavy atom. The first kappa shape index (κ1) is 19.9. The molecule has 0 radical (unpaired) electrons. The zero-order valence-electron chi connectivity index (χ0n) is 17.2. The number of ether oxygens (including phenoxy) is 1. The number of allylic oxidation sites excluding steroid dienone is 3. The van der Waals surface area contributed by atoms with E-state index in [0.29, 0.717) is 23.7 Å². The van der Waals surface area contributed by atoms with Crippen molar-refractivity contribution in [3.05, 3.63) is 57.7 Å². The fourth-order valence-electron chi connectivity index (χ4n) is 4.71. The van der Waals surface area contributed by atoms with E-state index in [1.807, 2.05) is 26.0 Å². The molecule has 152 valence electrons. The van der Waals surface area contributed by atoms with Crippen molar-refractivity contribution in [1.82, 2.24) is 5.32 Å². The molecule has 2 heterocycles. The van der Waals surface area contributed by atoms with Crippen molar-refractivity contribution < 1.29 is 14.3 Å². The third kappa shape index (κ3) is 3.76. The maximum absolute atomic E-state index is 13.2. The fourth-order valence-corrected chi connectivity index (χ4v) is 5.70. The van der Waals surface area contributed by atoms with Gasteiger partial charge in [0.1, 0.15) is 0 Å². The smallest absolute Gasteiger partial charge is 0.336 e. The molecular weight excluding hydrogens is 382 g/mol. The van der Waals surface area contributed by atoms with Crippen LogP contribution in [0.5, 0.6) is 0 Å². The molecule has 2 aromatic rings. The number of carbonyl (C=O) groups is 2. The molecule has 4 rings (SSSR count).